The lowest BCUT2D eigenvalue weighted by molar-refractivity contribution is -0.130. The van der Waals surface area contributed by atoms with Gasteiger partial charge in [-0.05, 0) is 26.3 Å². The number of thioether (sulfide) groups is 1. The number of carbonyl (C=O) groups excluding carboxylic acids is 2. The number of benzene rings is 1. The van der Waals surface area contributed by atoms with Crippen molar-refractivity contribution >= 4 is 40.0 Å². The molecule has 0 unspecified atom stereocenters. The Balaban J connectivity index is 1.46. The predicted molar refractivity (Wildman–Crippen MR) is 118 cm³/mol. The molecule has 2 heterocycles. The Bertz CT molecular complexity index is 847. The molecule has 2 amide bonds. The van der Waals surface area contributed by atoms with Crippen molar-refractivity contribution < 1.29 is 9.59 Å². The van der Waals surface area contributed by atoms with Crippen molar-refractivity contribution in [2.24, 2.45) is 0 Å². The highest BCUT2D eigenvalue weighted by Gasteiger charge is 2.23. The second-order valence-electron chi connectivity index (χ2n) is 7.40. The molecule has 0 saturated carbocycles. The van der Waals surface area contributed by atoms with Gasteiger partial charge in [0, 0.05) is 32.2 Å². The van der Waals surface area contributed by atoms with Crippen molar-refractivity contribution in [1.82, 2.24) is 20.4 Å². The number of amides is 2. The molecule has 1 aliphatic heterocycles. The van der Waals surface area contributed by atoms with E-state index in [1.54, 1.807) is 0 Å². The molecule has 0 spiro atoms. The number of hydrogen-bond acceptors (Lipinski definition) is 7. The first-order valence-electron chi connectivity index (χ1n) is 9.74. The number of nitrogens with zero attached hydrogens (tertiary/aromatic N) is 4. The lowest BCUT2D eigenvalue weighted by atomic mass is 10.1. The van der Waals surface area contributed by atoms with Crippen molar-refractivity contribution in [2.75, 3.05) is 36.8 Å². The number of carbonyl (C=O) groups is 2. The smallest absolute Gasteiger partial charge is 0.230 e. The Morgan fingerprint density at radius 3 is 2.66 bits per heavy atom. The fourth-order valence-corrected chi connectivity index (χ4v) is 4.84. The molecular formula is C20H27N5O2S2. The number of aromatic nitrogens is 2. The van der Waals surface area contributed by atoms with E-state index in [-0.39, 0.29) is 17.9 Å². The van der Waals surface area contributed by atoms with Gasteiger partial charge >= 0.3 is 0 Å². The first-order chi connectivity index (χ1) is 13.9. The average molecular weight is 434 g/mol. The van der Waals surface area contributed by atoms with Gasteiger partial charge in [0.25, 0.3) is 0 Å². The second kappa shape index (κ2) is 10.1. The van der Waals surface area contributed by atoms with Crippen LogP contribution in [0.4, 0.5) is 5.13 Å². The number of hydrogen-bond donors (Lipinski definition) is 1. The van der Waals surface area contributed by atoms with E-state index >= 15 is 0 Å². The van der Waals surface area contributed by atoms with Crippen molar-refractivity contribution in [3.8, 4) is 0 Å². The SMILES string of the molecule is Cc1cccc(CC(=O)N2CCN(c3nnc(SCC(=O)NC(C)C)s3)CC2)c1. The summed E-state index contributed by atoms with van der Waals surface area (Å²) in [7, 11) is 0. The molecule has 1 saturated heterocycles. The minimum Gasteiger partial charge on any atom is -0.353 e. The van der Waals surface area contributed by atoms with Gasteiger partial charge in [0.1, 0.15) is 0 Å². The van der Waals surface area contributed by atoms with Gasteiger partial charge < -0.3 is 15.1 Å². The lowest BCUT2D eigenvalue weighted by Crippen LogP contribution is -2.49. The fraction of sp³-hybridized carbons (Fsp3) is 0.500. The van der Waals surface area contributed by atoms with Crippen LogP contribution in [-0.4, -0.2) is 64.9 Å². The normalized spacial score (nSPS) is 14.3. The molecule has 0 bridgehead atoms. The van der Waals surface area contributed by atoms with E-state index in [0.717, 1.165) is 28.1 Å². The molecule has 1 aromatic heterocycles. The molecule has 7 nitrogen and oxygen atoms in total. The number of rotatable bonds is 7. The van der Waals surface area contributed by atoms with Gasteiger partial charge in [-0.15, -0.1) is 10.2 Å². The van der Waals surface area contributed by atoms with Crippen LogP contribution < -0.4 is 10.2 Å². The van der Waals surface area contributed by atoms with E-state index in [1.165, 1.54) is 28.7 Å². The summed E-state index contributed by atoms with van der Waals surface area (Å²) in [6, 6.07) is 8.24. The number of anilines is 1. The van der Waals surface area contributed by atoms with Crippen molar-refractivity contribution in [2.45, 2.75) is 37.6 Å². The number of aryl methyl sites for hydroxylation is 1. The Hall–Kier alpha value is -2.13. The van der Waals surface area contributed by atoms with Crippen LogP contribution in [0.2, 0.25) is 0 Å². The average Bonchev–Trinajstić information content (AvgIpc) is 3.15. The van der Waals surface area contributed by atoms with Crippen LogP contribution in [0.1, 0.15) is 25.0 Å². The summed E-state index contributed by atoms with van der Waals surface area (Å²) in [4.78, 5) is 28.4. The van der Waals surface area contributed by atoms with Gasteiger partial charge in [0.05, 0.1) is 12.2 Å². The molecule has 156 valence electrons. The molecule has 1 aromatic carbocycles. The van der Waals surface area contributed by atoms with Crippen LogP contribution >= 0.6 is 23.1 Å². The third kappa shape index (κ3) is 6.43. The Labute approximate surface area is 179 Å². The summed E-state index contributed by atoms with van der Waals surface area (Å²) in [5, 5.41) is 12.2. The van der Waals surface area contributed by atoms with E-state index in [4.69, 9.17) is 0 Å². The molecule has 3 rings (SSSR count). The molecule has 1 N–H and O–H groups in total. The molecule has 9 heteroatoms. The quantitative estimate of drug-likeness (QED) is 0.676. The highest BCUT2D eigenvalue weighted by atomic mass is 32.2. The molecule has 29 heavy (non-hydrogen) atoms. The number of nitrogens with one attached hydrogen (secondary N) is 1. The Kier molecular flexibility index (Phi) is 7.49. The van der Waals surface area contributed by atoms with Crippen LogP contribution in [-0.2, 0) is 16.0 Å². The molecular weight excluding hydrogens is 406 g/mol. The lowest BCUT2D eigenvalue weighted by Gasteiger charge is -2.34. The van der Waals surface area contributed by atoms with Gasteiger partial charge in [0.2, 0.25) is 16.9 Å². The summed E-state index contributed by atoms with van der Waals surface area (Å²) in [6.45, 7) is 8.78. The topological polar surface area (TPSA) is 78.4 Å². The third-order valence-corrected chi connectivity index (χ3v) is 6.63. The fourth-order valence-electron chi connectivity index (χ4n) is 3.14. The monoisotopic (exact) mass is 433 g/mol. The van der Waals surface area contributed by atoms with E-state index in [9.17, 15) is 9.59 Å². The summed E-state index contributed by atoms with van der Waals surface area (Å²) < 4.78 is 0.789. The van der Waals surface area contributed by atoms with Crippen LogP contribution in [0.3, 0.4) is 0 Å². The minimum absolute atomic E-state index is 0.00230. The van der Waals surface area contributed by atoms with Gasteiger partial charge in [-0.3, -0.25) is 9.59 Å². The molecule has 0 radical (unpaired) electrons. The molecule has 0 aliphatic carbocycles. The maximum Gasteiger partial charge on any atom is 0.230 e. The summed E-state index contributed by atoms with van der Waals surface area (Å²) >= 11 is 2.90. The van der Waals surface area contributed by atoms with Crippen molar-refractivity contribution in [3.63, 3.8) is 0 Å². The van der Waals surface area contributed by atoms with Gasteiger partial charge in [-0.2, -0.15) is 0 Å². The largest absolute Gasteiger partial charge is 0.353 e. The van der Waals surface area contributed by atoms with Gasteiger partial charge in [0.15, 0.2) is 4.34 Å². The van der Waals surface area contributed by atoms with Crippen molar-refractivity contribution in [1.29, 1.82) is 0 Å². The minimum atomic E-state index is 0.00230. The zero-order chi connectivity index (χ0) is 20.8. The summed E-state index contributed by atoms with van der Waals surface area (Å²) in [5.74, 6) is 0.510. The molecule has 0 atom stereocenters. The first-order valence-corrected chi connectivity index (χ1v) is 11.5. The Morgan fingerprint density at radius 1 is 1.21 bits per heavy atom. The zero-order valence-corrected chi connectivity index (χ0v) is 18.7. The second-order valence-corrected chi connectivity index (χ2v) is 9.57. The van der Waals surface area contributed by atoms with Gasteiger partial charge in [-0.1, -0.05) is 52.9 Å². The number of piperazine rings is 1. The summed E-state index contributed by atoms with van der Waals surface area (Å²) in [5.41, 5.74) is 2.23. The standard InChI is InChI=1S/C20H27N5O2S2/c1-14(2)21-17(26)13-28-20-23-22-19(29-20)25-9-7-24(8-10-25)18(27)12-16-6-4-5-15(3)11-16/h4-6,11,14H,7-10,12-13H2,1-3H3,(H,21,26). The van der Waals surface area contributed by atoms with Crippen LogP contribution in [0, 0.1) is 6.92 Å². The highest BCUT2D eigenvalue weighted by molar-refractivity contribution is 8.01. The maximum atomic E-state index is 12.6. The van der Waals surface area contributed by atoms with Crippen LogP contribution in [0.25, 0.3) is 0 Å². The summed E-state index contributed by atoms with van der Waals surface area (Å²) in [6.07, 6.45) is 0.444. The van der Waals surface area contributed by atoms with E-state index in [2.05, 4.69) is 26.5 Å². The highest BCUT2D eigenvalue weighted by Crippen LogP contribution is 2.28. The van der Waals surface area contributed by atoms with E-state index in [1.807, 2.05) is 43.9 Å². The Morgan fingerprint density at radius 2 is 1.97 bits per heavy atom. The molecule has 1 aliphatic rings. The molecule has 2 aromatic rings. The maximum absolute atomic E-state index is 12.6. The van der Waals surface area contributed by atoms with Crippen LogP contribution in [0.15, 0.2) is 28.6 Å². The van der Waals surface area contributed by atoms with Crippen molar-refractivity contribution in [3.05, 3.63) is 35.4 Å². The molecule has 1 fully saturated rings. The van der Waals surface area contributed by atoms with Crippen LogP contribution in [0.5, 0.6) is 0 Å². The first kappa shape index (κ1) is 21.6. The zero-order valence-electron chi connectivity index (χ0n) is 17.1. The van der Waals surface area contributed by atoms with E-state index in [0.29, 0.717) is 25.3 Å². The van der Waals surface area contributed by atoms with E-state index < -0.39 is 0 Å². The van der Waals surface area contributed by atoms with Gasteiger partial charge in [-0.25, -0.2) is 0 Å². The third-order valence-electron chi connectivity index (χ3n) is 4.51. The predicted octanol–water partition coefficient (Wildman–Crippen LogP) is 2.35.